The molecule has 0 amide bonds. The Morgan fingerprint density at radius 3 is 2.86 bits per heavy atom. The molecule has 1 aromatic carbocycles. The highest BCUT2D eigenvalue weighted by Crippen LogP contribution is 2.24. The van der Waals surface area contributed by atoms with Gasteiger partial charge < -0.3 is 10.5 Å². The van der Waals surface area contributed by atoms with Crippen LogP contribution >= 0.6 is 27.3 Å². The fourth-order valence-electron chi connectivity index (χ4n) is 2.53. The van der Waals surface area contributed by atoms with Crippen molar-refractivity contribution >= 4 is 32.4 Å². The Morgan fingerprint density at radius 1 is 1.38 bits per heavy atom. The van der Waals surface area contributed by atoms with E-state index in [1.807, 2.05) is 30.5 Å². The molecule has 1 aliphatic heterocycles. The Morgan fingerprint density at radius 2 is 2.19 bits per heavy atom. The van der Waals surface area contributed by atoms with Crippen LogP contribution in [0.3, 0.4) is 0 Å². The first-order valence-corrected chi connectivity index (χ1v) is 8.65. The van der Waals surface area contributed by atoms with Crippen molar-refractivity contribution in [1.82, 2.24) is 9.88 Å². The number of thiazole rings is 1. The Balaban J connectivity index is 1.48. The molecule has 2 heterocycles. The molecule has 0 bridgehead atoms. The Bertz CT molecular complexity index is 596. The number of nitrogen functional groups attached to an aromatic ring is 1. The smallest absolute Gasteiger partial charge is 0.180 e. The topological polar surface area (TPSA) is 51.4 Å². The molecule has 1 aliphatic rings. The second-order valence-electron chi connectivity index (χ2n) is 5.22. The number of ether oxygens (including phenoxy) is 1. The molecule has 2 N–H and O–H groups in total. The largest absolute Gasteiger partial charge is 0.490 e. The molecule has 21 heavy (non-hydrogen) atoms. The normalized spacial score (nSPS) is 17.0. The number of nitrogens with zero attached hydrogens (tertiary/aromatic N) is 2. The maximum Gasteiger partial charge on any atom is 0.180 e. The molecule has 0 spiro atoms. The van der Waals surface area contributed by atoms with E-state index in [1.54, 1.807) is 11.3 Å². The minimum absolute atomic E-state index is 0.307. The number of aromatic nitrogens is 1. The number of nitrogens with two attached hydrogens (primary N) is 1. The van der Waals surface area contributed by atoms with Crippen LogP contribution in [0.4, 0.5) is 5.13 Å². The van der Waals surface area contributed by atoms with Gasteiger partial charge in [-0.25, -0.2) is 4.98 Å². The molecule has 1 saturated heterocycles. The predicted molar refractivity (Wildman–Crippen MR) is 89.6 cm³/mol. The van der Waals surface area contributed by atoms with Gasteiger partial charge in [0.15, 0.2) is 5.13 Å². The van der Waals surface area contributed by atoms with Crippen LogP contribution in [0.25, 0.3) is 0 Å². The van der Waals surface area contributed by atoms with Crippen LogP contribution < -0.4 is 10.5 Å². The maximum absolute atomic E-state index is 6.05. The highest BCUT2D eigenvalue weighted by molar-refractivity contribution is 9.10. The molecule has 0 aliphatic carbocycles. The summed E-state index contributed by atoms with van der Waals surface area (Å²) in [5.41, 5.74) is 5.67. The van der Waals surface area contributed by atoms with Gasteiger partial charge in [-0.3, -0.25) is 4.90 Å². The van der Waals surface area contributed by atoms with Crippen molar-refractivity contribution in [3.8, 4) is 5.75 Å². The van der Waals surface area contributed by atoms with Crippen LogP contribution in [-0.2, 0) is 6.54 Å². The van der Waals surface area contributed by atoms with E-state index in [2.05, 4.69) is 25.8 Å². The Hall–Kier alpha value is -1.11. The molecule has 112 valence electrons. The van der Waals surface area contributed by atoms with Gasteiger partial charge in [0.2, 0.25) is 0 Å². The first-order valence-electron chi connectivity index (χ1n) is 7.04. The van der Waals surface area contributed by atoms with Gasteiger partial charge in [0.25, 0.3) is 0 Å². The van der Waals surface area contributed by atoms with E-state index in [4.69, 9.17) is 10.5 Å². The summed E-state index contributed by atoms with van der Waals surface area (Å²) in [5, 5.41) is 0.651. The van der Waals surface area contributed by atoms with Crippen LogP contribution in [0.15, 0.2) is 34.9 Å². The quantitative estimate of drug-likeness (QED) is 0.897. The summed E-state index contributed by atoms with van der Waals surface area (Å²) in [4.78, 5) is 7.77. The summed E-state index contributed by atoms with van der Waals surface area (Å²) in [6.45, 7) is 3.05. The van der Waals surface area contributed by atoms with Crippen LogP contribution in [-0.4, -0.2) is 29.1 Å². The molecule has 0 unspecified atom stereocenters. The molecular weight excluding hydrogens is 350 g/mol. The van der Waals surface area contributed by atoms with E-state index in [0.29, 0.717) is 11.2 Å². The van der Waals surface area contributed by atoms with Crippen molar-refractivity contribution in [3.05, 3.63) is 39.8 Å². The SMILES string of the molecule is Nc1ncc(CN2CCC(Oc3cccc(Br)c3)CC2)s1. The van der Waals surface area contributed by atoms with Gasteiger partial charge in [-0.1, -0.05) is 22.0 Å². The monoisotopic (exact) mass is 367 g/mol. The van der Waals surface area contributed by atoms with Gasteiger partial charge in [0.05, 0.1) is 0 Å². The number of benzene rings is 1. The van der Waals surface area contributed by atoms with E-state index < -0.39 is 0 Å². The van der Waals surface area contributed by atoms with Gasteiger partial charge >= 0.3 is 0 Å². The Labute approximate surface area is 137 Å². The van der Waals surface area contributed by atoms with E-state index in [0.717, 1.165) is 42.7 Å². The molecule has 0 radical (unpaired) electrons. The van der Waals surface area contributed by atoms with E-state index in [1.165, 1.54) is 4.88 Å². The number of likely N-dealkylation sites (tertiary alicyclic amines) is 1. The van der Waals surface area contributed by atoms with Crippen LogP contribution in [0.1, 0.15) is 17.7 Å². The third-order valence-electron chi connectivity index (χ3n) is 3.58. The molecule has 4 nitrogen and oxygen atoms in total. The second kappa shape index (κ2) is 6.77. The summed E-state index contributed by atoms with van der Waals surface area (Å²) in [6, 6.07) is 8.04. The van der Waals surface area contributed by atoms with Crippen LogP contribution in [0.5, 0.6) is 5.75 Å². The average Bonchev–Trinajstić information content (AvgIpc) is 2.86. The van der Waals surface area contributed by atoms with Crippen molar-refractivity contribution in [2.75, 3.05) is 18.8 Å². The predicted octanol–water partition coefficient (Wildman–Crippen LogP) is 3.53. The minimum Gasteiger partial charge on any atom is -0.490 e. The Kier molecular flexibility index (Phi) is 4.77. The molecule has 2 aromatic rings. The summed E-state index contributed by atoms with van der Waals surface area (Å²) in [7, 11) is 0. The van der Waals surface area contributed by atoms with Crippen molar-refractivity contribution in [2.45, 2.75) is 25.5 Å². The van der Waals surface area contributed by atoms with E-state index in [9.17, 15) is 0 Å². The standard InChI is InChI=1S/C15H18BrN3OS/c16-11-2-1-3-13(8-11)20-12-4-6-19(7-5-12)10-14-9-18-15(17)21-14/h1-3,8-9,12H,4-7,10H2,(H2,17,18). The molecular formula is C15H18BrN3OS. The number of anilines is 1. The van der Waals surface area contributed by atoms with Gasteiger partial charge in [-0.15, -0.1) is 11.3 Å². The minimum atomic E-state index is 0.307. The second-order valence-corrected chi connectivity index (χ2v) is 7.28. The number of hydrogen-bond acceptors (Lipinski definition) is 5. The van der Waals surface area contributed by atoms with Crippen LogP contribution in [0.2, 0.25) is 0 Å². The lowest BCUT2D eigenvalue weighted by Gasteiger charge is -2.31. The first kappa shape index (κ1) is 14.8. The van der Waals surface area contributed by atoms with Crippen molar-refractivity contribution in [1.29, 1.82) is 0 Å². The lowest BCUT2D eigenvalue weighted by molar-refractivity contribution is 0.0973. The van der Waals surface area contributed by atoms with Crippen molar-refractivity contribution in [2.24, 2.45) is 0 Å². The molecule has 1 fully saturated rings. The molecule has 1 aromatic heterocycles. The van der Waals surface area contributed by atoms with E-state index >= 15 is 0 Å². The zero-order chi connectivity index (χ0) is 14.7. The number of rotatable bonds is 4. The maximum atomic E-state index is 6.05. The van der Waals surface area contributed by atoms with Gasteiger partial charge in [-0.05, 0) is 31.0 Å². The highest BCUT2D eigenvalue weighted by Gasteiger charge is 2.21. The van der Waals surface area contributed by atoms with E-state index in [-0.39, 0.29) is 0 Å². The average molecular weight is 368 g/mol. The summed E-state index contributed by atoms with van der Waals surface area (Å²) >= 11 is 5.05. The fourth-order valence-corrected chi connectivity index (χ4v) is 3.64. The first-order chi connectivity index (χ1) is 10.2. The highest BCUT2D eigenvalue weighted by atomic mass is 79.9. The number of halogens is 1. The lowest BCUT2D eigenvalue weighted by Crippen LogP contribution is -2.37. The number of piperidine rings is 1. The van der Waals surface area contributed by atoms with Crippen molar-refractivity contribution in [3.63, 3.8) is 0 Å². The van der Waals surface area contributed by atoms with Gasteiger partial charge in [-0.2, -0.15) is 0 Å². The molecule has 3 rings (SSSR count). The third-order valence-corrected chi connectivity index (χ3v) is 4.89. The summed E-state index contributed by atoms with van der Waals surface area (Å²) in [6.07, 6.45) is 4.30. The molecule has 6 heteroatoms. The molecule has 0 saturated carbocycles. The van der Waals surface area contributed by atoms with Crippen LogP contribution in [0, 0.1) is 0 Å². The number of hydrogen-bond donors (Lipinski definition) is 1. The summed E-state index contributed by atoms with van der Waals surface area (Å²) in [5.74, 6) is 0.943. The zero-order valence-electron chi connectivity index (χ0n) is 11.7. The molecule has 0 atom stereocenters. The fraction of sp³-hybridized carbons (Fsp3) is 0.400. The van der Waals surface area contributed by atoms with Crippen molar-refractivity contribution < 1.29 is 4.74 Å². The van der Waals surface area contributed by atoms with Gasteiger partial charge in [0.1, 0.15) is 11.9 Å². The third kappa shape index (κ3) is 4.18. The van der Waals surface area contributed by atoms with Gasteiger partial charge in [0, 0.05) is 35.2 Å². The zero-order valence-corrected chi connectivity index (χ0v) is 14.1. The lowest BCUT2D eigenvalue weighted by atomic mass is 10.1. The summed E-state index contributed by atoms with van der Waals surface area (Å²) < 4.78 is 7.11.